The number of phenols is 1. The second-order valence-corrected chi connectivity index (χ2v) is 7.82. The number of pyridine rings is 2. The SMILES string of the molecule is [2H]C([2H])([2H])N(Cc1c(O)ccc2nc3c(cc12)Cn1c-3cc2c(c1=O)COC(=O)[C@]2(O)CC)C([2H])([2H])[2H]. The number of carbonyl (C=O) groups excluding carboxylic acids is 1. The number of aliphatic hydroxyl groups is 1. The molecule has 0 unspecified atom stereocenters. The highest BCUT2D eigenvalue weighted by molar-refractivity contribution is 5.89. The monoisotopic (exact) mass is 427 g/mol. The highest BCUT2D eigenvalue weighted by Crippen LogP contribution is 2.39. The van der Waals surface area contributed by atoms with Crippen LogP contribution in [0.5, 0.6) is 5.75 Å². The number of aromatic hydroxyl groups is 1. The largest absolute Gasteiger partial charge is 0.508 e. The molecule has 0 saturated carbocycles. The first-order valence-electron chi connectivity index (χ1n) is 12.8. The van der Waals surface area contributed by atoms with Gasteiger partial charge >= 0.3 is 5.97 Å². The van der Waals surface area contributed by atoms with Crippen LogP contribution in [-0.2, 0) is 34.8 Å². The molecular formula is C23H23N3O5. The van der Waals surface area contributed by atoms with Gasteiger partial charge in [-0.1, -0.05) is 6.92 Å². The summed E-state index contributed by atoms with van der Waals surface area (Å²) < 4.78 is 52.5. The Bertz CT molecular complexity index is 1520. The summed E-state index contributed by atoms with van der Waals surface area (Å²) in [5.74, 6) is -1.12. The van der Waals surface area contributed by atoms with Gasteiger partial charge in [0.05, 0.1) is 29.0 Å². The van der Waals surface area contributed by atoms with Crippen LogP contribution < -0.4 is 5.56 Å². The topological polar surface area (TPSA) is 105 Å². The zero-order chi connectivity index (χ0) is 27.1. The molecule has 8 nitrogen and oxygen atoms in total. The number of hydrogen-bond donors (Lipinski definition) is 2. The summed E-state index contributed by atoms with van der Waals surface area (Å²) in [7, 11) is 0. The van der Waals surface area contributed by atoms with E-state index in [1.54, 1.807) is 19.1 Å². The summed E-state index contributed by atoms with van der Waals surface area (Å²) in [6.45, 7) is -5.07. The van der Waals surface area contributed by atoms with Crippen molar-refractivity contribution >= 4 is 16.9 Å². The summed E-state index contributed by atoms with van der Waals surface area (Å²) in [6.07, 6.45) is 0.00581. The van der Waals surface area contributed by atoms with Crippen molar-refractivity contribution in [1.82, 2.24) is 14.5 Å². The molecule has 4 heterocycles. The molecule has 2 aromatic heterocycles. The Morgan fingerprint density at radius 1 is 1.32 bits per heavy atom. The Hall–Kier alpha value is -3.23. The fraction of sp³-hybridized carbons (Fsp3) is 0.348. The number of cyclic esters (lactones) is 1. The first-order valence-corrected chi connectivity index (χ1v) is 9.76. The maximum absolute atomic E-state index is 13.3. The Balaban J connectivity index is 1.68. The van der Waals surface area contributed by atoms with Crippen molar-refractivity contribution in [2.75, 3.05) is 14.0 Å². The molecule has 2 aliphatic heterocycles. The van der Waals surface area contributed by atoms with E-state index >= 15 is 0 Å². The van der Waals surface area contributed by atoms with Gasteiger partial charge in [-0.05, 0) is 44.6 Å². The number of hydrogen-bond acceptors (Lipinski definition) is 7. The highest BCUT2D eigenvalue weighted by atomic mass is 16.6. The van der Waals surface area contributed by atoms with Gasteiger partial charge in [-0.25, -0.2) is 9.78 Å². The molecule has 1 aromatic carbocycles. The molecule has 0 amide bonds. The molecule has 0 spiro atoms. The van der Waals surface area contributed by atoms with E-state index in [9.17, 15) is 19.8 Å². The van der Waals surface area contributed by atoms with Gasteiger partial charge in [0.15, 0.2) is 5.60 Å². The molecule has 5 rings (SSSR count). The van der Waals surface area contributed by atoms with E-state index in [4.69, 9.17) is 13.0 Å². The second-order valence-electron chi connectivity index (χ2n) is 7.82. The van der Waals surface area contributed by atoms with Crippen molar-refractivity contribution in [3.8, 4) is 17.1 Å². The molecule has 8 heteroatoms. The molecule has 0 radical (unpaired) electrons. The third kappa shape index (κ3) is 2.72. The molecule has 2 N–H and O–H groups in total. The zero-order valence-corrected chi connectivity index (χ0v) is 16.6. The molecule has 0 fully saturated rings. The summed E-state index contributed by atoms with van der Waals surface area (Å²) in [4.78, 5) is 30.7. The first kappa shape index (κ1) is 14.0. The average molecular weight is 427 g/mol. The van der Waals surface area contributed by atoms with Crippen molar-refractivity contribution in [2.45, 2.75) is 38.6 Å². The van der Waals surface area contributed by atoms with Crippen molar-refractivity contribution < 1.29 is 28.0 Å². The minimum absolute atomic E-state index is 0.00581. The maximum atomic E-state index is 13.3. The van der Waals surface area contributed by atoms with E-state index in [1.165, 1.54) is 16.7 Å². The van der Waals surface area contributed by atoms with Crippen molar-refractivity contribution in [1.29, 1.82) is 0 Å². The van der Waals surface area contributed by atoms with Gasteiger partial charge in [-0.3, -0.25) is 4.79 Å². The lowest BCUT2D eigenvalue weighted by atomic mass is 9.86. The minimum atomic E-state index is -2.96. The van der Waals surface area contributed by atoms with Crippen molar-refractivity contribution in [3.63, 3.8) is 0 Å². The van der Waals surface area contributed by atoms with Gasteiger partial charge in [0.25, 0.3) is 5.56 Å². The third-order valence-electron chi connectivity index (χ3n) is 6.09. The molecule has 3 aromatic rings. The lowest BCUT2D eigenvalue weighted by Crippen LogP contribution is -2.44. The summed E-state index contributed by atoms with van der Waals surface area (Å²) in [6, 6.07) is 6.01. The lowest BCUT2D eigenvalue weighted by Gasteiger charge is -2.31. The zero-order valence-electron chi connectivity index (χ0n) is 22.6. The Labute approximate surface area is 186 Å². The summed E-state index contributed by atoms with van der Waals surface area (Å²) in [5.41, 5.74) is -0.256. The predicted molar refractivity (Wildman–Crippen MR) is 114 cm³/mol. The maximum Gasteiger partial charge on any atom is 0.343 e. The van der Waals surface area contributed by atoms with Crippen LogP contribution in [0.4, 0.5) is 0 Å². The number of esters is 1. The van der Waals surface area contributed by atoms with Gasteiger partial charge in [-0.15, -0.1) is 0 Å². The molecule has 0 bridgehead atoms. The Kier molecular flexibility index (Phi) is 2.98. The fourth-order valence-electron chi connectivity index (χ4n) is 4.42. The molecule has 1 atom stereocenters. The van der Waals surface area contributed by atoms with Crippen LogP contribution in [0.1, 0.15) is 43.8 Å². The number of nitrogens with zero attached hydrogens (tertiary/aromatic N) is 3. The molecule has 2 aliphatic rings. The first-order chi connectivity index (χ1) is 17.2. The van der Waals surface area contributed by atoms with E-state index in [-0.39, 0.29) is 42.0 Å². The van der Waals surface area contributed by atoms with Crippen LogP contribution in [-0.4, -0.2) is 44.6 Å². The standard InChI is InChI=1S/C23H23N3O5/c1-4-23(30)16-8-18-20-12(9-26(18)21(28)15(16)11-31-22(23)29)7-13-14(10-25(2)3)19(27)6-5-17(13)24-20/h5-8,27,30H,4,9-11H2,1-3H3/t23-/m0/s1/i2D3,3D3. The van der Waals surface area contributed by atoms with E-state index in [1.807, 2.05) is 0 Å². The number of aromatic nitrogens is 2. The van der Waals surface area contributed by atoms with Crippen LogP contribution in [0.2, 0.25) is 0 Å². The molecule has 160 valence electrons. The molecule has 0 aliphatic carbocycles. The molecular weight excluding hydrogens is 398 g/mol. The lowest BCUT2D eigenvalue weighted by molar-refractivity contribution is -0.172. The molecule has 0 saturated heterocycles. The van der Waals surface area contributed by atoms with E-state index in [2.05, 4.69) is 4.98 Å². The third-order valence-corrected chi connectivity index (χ3v) is 6.09. The highest BCUT2D eigenvalue weighted by Gasteiger charge is 2.45. The van der Waals surface area contributed by atoms with Crippen LogP contribution in [0, 0.1) is 0 Å². The minimum Gasteiger partial charge on any atom is -0.508 e. The Morgan fingerprint density at radius 3 is 2.87 bits per heavy atom. The van der Waals surface area contributed by atoms with Crippen LogP contribution in [0.25, 0.3) is 22.3 Å². The predicted octanol–water partition coefficient (Wildman–Crippen LogP) is 1.85. The average Bonchev–Trinajstić information content (AvgIpc) is 3.16. The number of benzene rings is 1. The number of ether oxygens (including phenoxy) is 1. The van der Waals surface area contributed by atoms with Crippen molar-refractivity contribution in [2.24, 2.45) is 0 Å². The van der Waals surface area contributed by atoms with Crippen molar-refractivity contribution in [3.05, 3.63) is 56.9 Å². The number of fused-ring (bicyclic) bond motifs is 5. The smallest absolute Gasteiger partial charge is 0.343 e. The summed E-state index contributed by atoms with van der Waals surface area (Å²) in [5, 5.41) is 21.9. The molecule has 31 heavy (non-hydrogen) atoms. The van der Waals surface area contributed by atoms with E-state index < -0.39 is 37.6 Å². The fourth-order valence-corrected chi connectivity index (χ4v) is 4.42. The van der Waals surface area contributed by atoms with Gasteiger partial charge in [-0.2, -0.15) is 0 Å². The van der Waals surface area contributed by atoms with E-state index in [0.29, 0.717) is 32.8 Å². The number of rotatable bonds is 3. The van der Waals surface area contributed by atoms with Gasteiger partial charge < -0.3 is 24.4 Å². The van der Waals surface area contributed by atoms with Gasteiger partial charge in [0, 0.05) is 36.8 Å². The number of phenolic OH excluding ortho intramolecular Hbond substituents is 1. The Morgan fingerprint density at radius 2 is 2.13 bits per heavy atom. The quantitative estimate of drug-likeness (QED) is 0.481. The number of carbonyl (C=O) groups is 1. The van der Waals surface area contributed by atoms with Crippen LogP contribution in [0.15, 0.2) is 29.1 Å². The van der Waals surface area contributed by atoms with Crippen LogP contribution in [0.3, 0.4) is 0 Å². The van der Waals surface area contributed by atoms with E-state index in [0.717, 1.165) is 0 Å². The van der Waals surface area contributed by atoms with Gasteiger partial charge in [0.2, 0.25) is 0 Å². The van der Waals surface area contributed by atoms with Crippen LogP contribution >= 0.6 is 0 Å². The normalized spacial score (nSPS) is 23.0. The van der Waals surface area contributed by atoms with Gasteiger partial charge in [0.1, 0.15) is 12.4 Å². The second kappa shape index (κ2) is 6.63. The summed E-state index contributed by atoms with van der Waals surface area (Å²) >= 11 is 0.